The number of hydrogen-bond acceptors (Lipinski definition) is 7. The Balaban J connectivity index is 1.35. The molecule has 4 aromatic heterocycles. The van der Waals surface area contributed by atoms with Gasteiger partial charge in [-0.2, -0.15) is 10.1 Å². The van der Waals surface area contributed by atoms with Gasteiger partial charge in [0.05, 0.1) is 22.9 Å². The summed E-state index contributed by atoms with van der Waals surface area (Å²) < 4.78 is 5.42. The third kappa shape index (κ3) is 3.79. The van der Waals surface area contributed by atoms with E-state index in [1.54, 1.807) is 18.4 Å². The summed E-state index contributed by atoms with van der Waals surface area (Å²) in [5, 5.41) is 19.7. The first-order valence-corrected chi connectivity index (χ1v) is 10.5. The zero-order valence-electron chi connectivity index (χ0n) is 17.7. The number of benzene rings is 2. The van der Waals surface area contributed by atoms with Gasteiger partial charge in [-0.1, -0.05) is 30.3 Å². The lowest BCUT2D eigenvalue weighted by atomic mass is 10.1. The smallest absolute Gasteiger partial charge is 0.271 e. The van der Waals surface area contributed by atoms with Gasteiger partial charge >= 0.3 is 0 Å². The lowest BCUT2D eigenvalue weighted by Crippen LogP contribution is -2.03. The number of nitrogens with one attached hydrogen (secondary N) is 5. The van der Waals surface area contributed by atoms with E-state index in [1.807, 2.05) is 60.7 Å². The molecule has 34 heavy (non-hydrogen) atoms. The summed E-state index contributed by atoms with van der Waals surface area (Å²) in [6, 6.07) is 22.6. The van der Waals surface area contributed by atoms with E-state index in [-0.39, 0.29) is 5.56 Å². The number of H-pyrrole nitrogens is 3. The van der Waals surface area contributed by atoms with E-state index >= 15 is 0 Å². The van der Waals surface area contributed by atoms with Gasteiger partial charge in [0.2, 0.25) is 5.95 Å². The van der Waals surface area contributed by atoms with E-state index in [1.165, 1.54) is 0 Å². The molecule has 4 heterocycles. The Morgan fingerprint density at radius 2 is 1.74 bits per heavy atom. The van der Waals surface area contributed by atoms with Crippen molar-refractivity contribution in [2.45, 2.75) is 0 Å². The monoisotopic (exact) mass is 450 g/mol. The summed E-state index contributed by atoms with van der Waals surface area (Å²) in [4.78, 5) is 21.1. The van der Waals surface area contributed by atoms with Gasteiger partial charge in [0.15, 0.2) is 11.6 Å². The molecule has 0 radical (unpaired) electrons. The summed E-state index contributed by atoms with van der Waals surface area (Å²) in [7, 11) is 0. The molecule has 0 amide bonds. The fraction of sp³-hybridized carbons (Fsp3) is 0. The number of furan rings is 1. The zero-order valence-corrected chi connectivity index (χ0v) is 17.7. The minimum atomic E-state index is -0.164. The second-order valence-corrected chi connectivity index (χ2v) is 7.56. The molecule has 0 aliphatic rings. The average molecular weight is 450 g/mol. The minimum Gasteiger partial charge on any atom is -0.463 e. The highest BCUT2D eigenvalue weighted by Gasteiger charge is 2.11. The fourth-order valence-electron chi connectivity index (χ4n) is 3.64. The number of anilines is 4. The van der Waals surface area contributed by atoms with Crippen molar-refractivity contribution in [2.75, 3.05) is 10.6 Å². The van der Waals surface area contributed by atoms with E-state index in [0.717, 1.165) is 22.6 Å². The maximum atomic E-state index is 11.8. The van der Waals surface area contributed by atoms with Gasteiger partial charge in [-0.05, 0) is 30.3 Å². The van der Waals surface area contributed by atoms with Crippen molar-refractivity contribution < 1.29 is 4.42 Å². The van der Waals surface area contributed by atoms with E-state index in [0.29, 0.717) is 34.2 Å². The van der Waals surface area contributed by atoms with Crippen LogP contribution in [0.1, 0.15) is 0 Å². The molecule has 0 fully saturated rings. The molecule has 0 saturated heterocycles. The summed E-state index contributed by atoms with van der Waals surface area (Å²) in [6.45, 7) is 0. The van der Waals surface area contributed by atoms with Crippen LogP contribution in [0.4, 0.5) is 23.3 Å². The SMILES string of the molecule is O=c1[nH][nH]c2cc(Nc3nc(Nc4cc(-c5ccco5)[nH]n4)cc(-c4ccccc4)n3)ccc12. The van der Waals surface area contributed by atoms with E-state index in [4.69, 9.17) is 4.42 Å². The number of hydrogen-bond donors (Lipinski definition) is 5. The molecule has 6 aromatic rings. The summed E-state index contributed by atoms with van der Waals surface area (Å²) in [6.07, 6.45) is 1.61. The van der Waals surface area contributed by atoms with Crippen molar-refractivity contribution >= 4 is 34.2 Å². The molecule has 5 N–H and O–H groups in total. The maximum absolute atomic E-state index is 11.8. The lowest BCUT2D eigenvalue weighted by Gasteiger charge is -2.10. The molecular weight excluding hydrogens is 432 g/mol. The van der Waals surface area contributed by atoms with E-state index in [9.17, 15) is 4.79 Å². The van der Waals surface area contributed by atoms with Crippen molar-refractivity contribution in [1.82, 2.24) is 30.4 Å². The number of rotatable bonds is 6. The first-order valence-electron chi connectivity index (χ1n) is 10.5. The lowest BCUT2D eigenvalue weighted by molar-refractivity contribution is 0.580. The van der Waals surface area contributed by atoms with Crippen LogP contribution in [0.2, 0.25) is 0 Å². The second kappa shape index (κ2) is 8.10. The van der Waals surface area contributed by atoms with Crippen LogP contribution in [0.25, 0.3) is 33.6 Å². The molecule has 6 rings (SSSR count). The van der Waals surface area contributed by atoms with Crippen LogP contribution < -0.4 is 16.2 Å². The Bertz CT molecular complexity index is 1630. The Morgan fingerprint density at radius 1 is 0.824 bits per heavy atom. The number of aromatic amines is 3. The van der Waals surface area contributed by atoms with Crippen LogP contribution in [-0.2, 0) is 0 Å². The Morgan fingerprint density at radius 3 is 2.59 bits per heavy atom. The van der Waals surface area contributed by atoms with Gasteiger partial charge < -0.3 is 15.1 Å². The average Bonchev–Trinajstić information content (AvgIpc) is 3.62. The van der Waals surface area contributed by atoms with Crippen molar-refractivity contribution in [3.05, 3.63) is 89.4 Å². The van der Waals surface area contributed by atoms with Gasteiger partial charge in [0, 0.05) is 23.4 Å². The summed E-state index contributed by atoms with van der Waals surface area (Å²) in [5.74, 6) is 2.22. The fourth-order valence-corrected chi connectivity index (χ4v) is 3.64. The molecule has 0 spiro atoms. The van der Waals surface area contributed by atoms with Crippen LogP contribution in [0, 0.1) is 0 Å². The van der Waals surface area contributed by atoms with Crippen LogP contribution in [0.5, 0.6) is 0 Å². The van der Waals surface area contributed by atoms with Crippen molar-refractivity contribution in [3.8, 4) is 22.7 Å². The Labute approximate surface area is 192 Å². The quantitative estimate of drug-likeness (QED) is 0.246. The van der Waals surface area contributed by atoms with Crippen LogP contribution >= 0.6 is 0 Å². The highest BCUT2D eigenvalue weighted by molar-refractivity contribution is 5.82. The van der Waals surface area contributed by atoms with Gasteiger partial charge in [0.25, 0.3) is 5.56 Å². The second-order valence-electron chi connectivity index (χ2n) is 7.56. The Kier molecular flexibility index (Phi) is 4.66. The maximum Gasteiger partial charge on any atom is 0.271 e. The number of aromatic nitrogens is 6. The molecule has 0 aliphatic carbocycles. The predicted octanol–water partition coefficient (Wildman–Crippen LogP) is 4.78. The topological polar surface area (TPSA) is 140 Å². The third-order valence-electron chi connectivity index (χ3n) is 5.25. The molecule has 10 nitrogen and oxygen atoms in total. The molecule has 0 saturated carbocycles. The molecule has 2 aromatic carbocycles. The first kappa shape index (κ1) is 19.6. The van der Waals surface area contributed by atoms with Gasteiger partial charge in [-0.3, -0.25) is 20.1 Å². The van der Waals surface area contributed by atoms with Crippen molar-refractivity contribution in [2.24, 2.45) is 0 Å². The molecule has 0 unspecified atom stereocenters. The van der Waals surface area contributed by atoms with Crippen LogP contribution in [0.3, 0.4) is 0 Å². The van der Waals surface area contributed by atoms with Crippen molar-refractivity contribution in [1.29, 1.82) is 0 Å². The Hall–Kier alpha value is -5.12. The molecule has 0 aliphatic heterocycles. The highest BCUT2D eigenvalue weighted by Crippen LogP contribution is 2.27. The molecule has 166 valence electrons. The largest absolute Gasteiger partial charge is 0.463 e. The van der Waals surface area contributed by atoms with Gasteiger partial charge in [-0.25, -0.2) is 4.98 Å². The molecule has 10 heteroatoms. The molecule has 0 atom stereocenters. The van der Waals surface area contributed by atoms with E-state index in [2.05, 4.69) is 41.0 Å². The predicted molar refractivity (Wildman–Crippen MR) is 129 cm³/mol. The van der Waals surface area contributed by atoms with Crippen LogP contribution in [0.15, 0.2) is 88.3 Å². The third-order valence-corrected chi connectivity index (χ3v) is 5.25. The minimum absolute atomic E-state index is 0.164. The number of nitrogens with zero attached hydrogens (tertiary/aromatic N) is 3. The normalized spacial score (nSPS) is 11.1. The number of fused-ring (bicyclic) bond motifs is 1. The van der Waals surface area contributed by atoms with Gasteiger partial charge in [-0.15, -0.1) is 0 Å². The zero-order chi connectivity index (χ0) is 22.9. The molecular formula is C24H18N8O2. The first-order chi connectivity index (χ1) is 16.7. The standard InChI is InChI=1S/C24H18N8O2/c33-23-16-9-8-15(11-18(16)29-32-23)25-24-26-17(14-5-2-1-3-6-14)12-21(28-24)27-22-13-19(30-31-22)20-7-4-10-34-20/h1-13H,(H2,29,32,33)(H3,25,26,27,28,30,31). The van der Waals surface area contributed by atoms with Crippen LogP contribution in [-0.4, -0.2) is 30.4 Å². The van der Waals surface area contributed by atoms with E-state index < -0.39 is 0 Å². The van der Waals surface area contributed by atoms with Crippen molar-refractivity contribution in [3.63, 3.8) is 0 Å². The molecule has 0 bridgehead atoms. The van der Waals surface area contributed by atoms with Gasteiger partial charge in [0.1, 0.15) is 11.5 Å². The summed E-state index contributed by atoms with van der Waals surface area (Å²) >= 11 is 0. The highest BCUT2D eigenvalue weighted by atomic mass is 16.3. The summed E-state index contributed by atoms with van der Waals surface area (Å²) in [5.41, 5.74) is 3.69.